The average Bonchev–Trinajstić information content (AvgIpc) is 2.81. The number of nitrogens with one attached hydrogen (secondary N) is 1. The molecule has 1 heterocycles. The Bertz CT molecular complexity index is 527. The number of hydrogen-bond donors (Lipinski definition) is 2. The number of methoxy groups -OCH3 is 1. The number of aromatic nitrogens is 2. The van der Waals surface area contributed by atoms with Gasteiger partial charge in [0.15, 0.2) is 0 Å². The molecule has 88 valence electrons. The molecule has 0 aliphatic heterocycles. The fourth-order valence-corrected chi connectivity index (χ4v) is 1.73. The molecule has 0 unspecified atom stereocenters. The molecule has 6 nitrogen and oxygen atoms in total. The predicted molar refractivity (Wildman–Crippen MR) is 65.3 cm³/mol. The zero-order valence-electron chi connectivity index (χ0n) is 9.01. The first-order valence-electron chi connectivity index (χ1n) is 4.71. The van der Waals surface area contributed by atoms with E-state index in [2.05, 4.69) is 15.5 Å². The van der Waals surface area contributed by atoms with Gasteiger partial charge in [-0.2, -0.15) is 0 Å². The molecule has 0 radical (unpaired) electrons. The van der Waals surface area contributed by atoms with Crippen LogP contribution in [0.1, 0.15) is 10.4 Å². The van der Waals surface area contributed by atoms with Crippen LogP contribution in [0.25, 0.3) is 0 Å². The van der Waals surface area contributed by atoms with Crippen molar-refractivity contribution in [3.63, 3.8) is 0 Å². The van der Waals surface area contributed by atoms with Crippen molar-refractivity contribution >= 4 is 28.1 Å². The summed E-state index contributed by atoms with van der Waals surface area (Å²) in [6.45, 7) is 0. The van der Waals surface area contributed by atoms with Crippen LogP contribution in [0, 0.1) is 0 Å². The van der Waals surface area contributed by atoms with E-state index < -0.39 is 0 Å². The topological polar surface area (TPSA) is 90.1 Å². The van der Waals surface area contributed by atoms with E-state index in [0.717, 1.165) is 0 Å². The highest BCUT2D eigenvalue weighted by molar-refractivity contribution is 7.13. The third-order valence-electron chi connectivity index (χ3n) is 2.05. The predicted octanol–water partition coefficient (Wildman–Crippen LogP) is 1.38. The summed E-state index contributed by atoms with van der Waals surface area (Å²) in [6, 6.07) is 4.83. The quantitative estimate of drug-likeness (QED) is 0.803. The minimum absolute atomic E-state index is 0.307. The average molecular weight is 250 g/mol. The maximum absolute atomic E-state index is 11.9. The largest absolute Gasteiger partial charge is 0.496 e. The van der Waals surface area contributed by atoms with Gasteiger partial charge >= 0.3 is 0 Å². The molecule has 0 aliphatic rings. The lowest BCUT2D eigenvalue weighted by Gasteiger charge is -2.08. The van der Waals surface area contributed by atoms with Gasteiger partial charge in [0.1, 0.15) is 11.3 Å². The summed E-state index contributed by atoms with van der Waals surface area (Å²) in [6.07, 6.45) is 0. The van der Waals surface area contributed by atoms with Crippen LogP contribution in [0.15, 0.2) is 23.7 Å². The van der Waals surface area contributed by atoms with Gasteiger partial charge in [-0.05, 0) is 12.1 Å². The molecule has 0 atom stereocenters. The molecule has 0 aliphatic carbocycles. The second kappa shape index (κ2) is 4.79. The summed E-state index contributed by atoms with van der Waals surface area (Å²) in [5.74, 6) is 0.116. The van der Waals surface area contributed by atoms with E-state index in [4.69, 9.17) is 10.5 Å². The fraction of sp³-hybridized carbons (Fsp3) is 0.100. The van der Waals surface area contributed by atoms with Gasteiger partial charge in [0.2, 0.25) is 5.13 Å². The number of ether oxygens (including phenoxy) is 1. The van der Waals surface area contributed by atoms with Crippen molar-refractivity contribution in [1.29, 1.82) is 0 Å². The van der Waals surface area contributed by atoms with E-state index in [-0.39, 0.29) is 5.91 Å². The highest BCUT2D eigenvalue weighted by atomic mass is 32.1. The maximum Gasteiger partial charge on any atom is 0.261 e. The number of rotatable bonds is 3. The minimum atomic E-state index is -0.307. The minimum Gasteiger partial charge on any atom is -0.496 e. The van der Waals surface area contributed by atoms with Crippen LogP contribution < -0.4 is 15.8 Å². The standard InChI is InChI=1S/C10H10N4O2S/c1-16-8-4-6(11)2-3-7(8)9(15)13-10-14-12-5-17-10/h2-5H,11H2,1H3,(H,13,14,15). The van der Waals surface area contributed by atoms with Gasteiger partial charge in [-0.15, -0.1) is 10.2 Å². The van der Waals surface area contributed by atoms with Crippen LogP contribution in [-0.2, 0) is 0 Å². The van der Waals surface area contributed by atoms with Crippen molar-refractivity contribution in [2.24, 2.45) is 0 Å². The van der Waals surface area contributed by atoms with Crippen molar-refractivity contribution in [2.75, 3.05) is 18.2 Å². The molecule has 1 aromatic heterocycles. The zero-order valence-corrected chi connectivity index (χ0v) is 9.82. The van der Waals surface area contributed by atoms with Gasteiger partial charge < -0.3 is 10.5 Å². The number of amides is 1. The number of carbonyl (C=O) groups excluding carboxylic acids is 1. The number of benzene rings is 1. The van der Waals surface area contributed by atoms with Crippen LogP contribution in [0.4, 0.5) is 10.8 Å². The highest BCUT2D eigenvalue weighted by Gasteiger charge is 2.13. The van der Waals surface area contributed by atoms with Gasteiger partial charge in [-0.3, -0.25) is 10.1 Å². The van der Waals surface area contributed by atoms with Gasteiger partial charge in [0, 0.05) is 11.8 Å². The number of nitrogen functional groups attached to an aromatic ring is 1. The van der Waals surface area contributed by atoms with Crippen LogP contribution in [0.3, 0.4) is 0 Å². The first kappa shape index (κ1) is 11.3. The summed E-state index contributed by atoms with van der Waals surface area (Å²) in [5, 5.41) is 10.4. The van der Waals surface area contributed by atoms with E-state index >= 15 is 0 Å². The lowest BCUT2D eigenvalue weighted by atomic mass is 10.1. The Labute approximate surface area is 101 Å². The first-order chi connectivity index (χ1) is 8.20. The second-order valence-corrected chi connectivity index (χ2v) is 3.99. The molecule has 0 saturated heterocycles. The lowest BCUT2D eigenvalue weighted by Crippen LogP contribution is -2.13. The summed E-state index contributed by atoms with van der Waals surface area (Å²) in [7, 11) is 1.48. The molecule has 2 aromatic rings. The van der Waals surface area contributed by atoms with Crippen molar-refractivity contribution in [3.8, 4) is 5.75 Å². The third kappa shape index (κ3) is 2.51. The van der Waals surface area contributed by atoms with Crippen molar-refractivity contribution < 1.29 is 9.53 Å². The Morgan fingerprint density at radius 3 is 3.00 bits per heavy atom. The zero-order chi connectivity index (χ0) is 12.3. The molecule has 2 rings (SSSR count). The fourth-order valence-electron chi connectivity index (χ4n) is 1.29. The van der Waals surface area contributed by atoms with Crippen LogP contribution in [0.5, 0.6) is 5.75 Å². The first-order valence-corrected chi connectivity index (χ1v) is 5.59. The number of anilines is 2. The highest BCUT2D eigenvalue weighted by Crippen LogP contribution is 2.22. The van der Waals surface area contributed by atoms with E-state index in [0.29, 0.717) is 22.1 Å². The van der Waals surface area contributed by atoms with E-state index in [1.54, 1.807) is 18.2 Å². The molecule has 17 heavy (non-hydrogen) atoms. The second-order valence-electron chi connectivity index (χ2n) is 3.16. The maximum atomic E-state index is 11.9. The number of carbonyl (C=O) groups is 1. The summed E-state index contributed by atoms with van der Waals surface area (Å²) in [5.41, 5.74) is 8.08. The Morgan fingerprint density at radius 2 is 2.35 bits per heavy atom. The molecule has 3 N–H and O–H groups in total. The van der Waals surface area contributed by atoms with Crippen molar-refractivity contribution in [2.45, 2.75) is 0 Å². The summed E-state index contributed by atoms with van der Waals surface area (Å²) in [4.78, 5) is 11.9. The van der Waals surface area contributed by atoms with Gasteiger partial charge in [-0.25, -0.2) is 0 Å². The molecule has 0 spiro atoms. The molecular formula is C10H10N4O2S. The normalized spacial score (nSPS) is 9.94. The Balaban J connectivity index is 2.24. The smallest absolute Gasteiger partial charge is 0.261 e. The van der Waals surface area contributed by atoms with Crippen LogP contribution in [0.2, 0.25) is 0 Å². The molecule has 0 bridgehead atoms. The summed E-state index contributed by atoms with van der Waals surface area (Å²) < 4.78 is 5.09. The molecule has 1 amide bonds. The number of hydrogen-bond acceptors (Lipinski definition) is 6. The van der Waals surface area contributed by atoms with E-state index in [9.17, 15) is 4.79 Å². The SMILES string of the molecule is COc1cc(N)ccc1C(=O)Nc1nncs1. The van der Waals surface area contributed by atoms with E-state index in [1.807, 2.05) is 0 Å². The molecule has 0 fully saturated rings. The number of nitrogens with two attached hydrogens (primary N) is 1. The van der Waals surface area contributed by atoms with Gasteiger partial charge in [-0.1, -0.05) is 11.3 Å². The monoisotopic (exact) mass is 250 g/mol. The van der Waals surface area contributed by atoms with Crippen molar-refractivity contribution in [1.82, 2.24) is 10.2 Å². The summed E-state index contributed by atoms with van der Waals surface area (Å²) >= 11 is 1.24. The lowest BCUT2D eigenvalue weighted by molar-refractivity contribution is 0.102. The number of nitrogens with zero attached hydrogens (tertiary/aromatic N) is 2. The Kier molecular flexibility index (Phi) is 3.20. The Morgan fingerprint density at radius 1 is 1.53 bits per heavy atom. The molecule has 0 saturated carbocycles. The van der Waals surface area contributed by atoms with Gasteiger partial charge in [0.25, 0.3) is 5.91 Å². The Hall–Kier alpha value is -2.15. The molecular weight excluding hydrogens is 240 g/mol. The van der Waals surface area contributed by atoms with Crippen molar-refractivity contribution in [3.05, 3.63) is 29.3 Å². The molecule has 1 aromatic carbocycles. The van der Waals surface area contributed by atoms with Crippen LogP contribution >= 0.6 is 11.3 Å². The van der Waals surface area contributed by atoms with E-state index in [1.165, 1.54) is 24.0 Å². The third-order valence-corrected chi connectivity index (χ3v) is 2.66. The van der Waals surface area contributed by atoms with Gasteiger partial charge in [0.05, 0.1) is 12.7 Å². The molecule has 7 heteroatoms. The van der Waals surface area contributed by atoms with Crippen LogP contribution in [-0.4, -0.2) is 23.2 Å².